The molecule has 4 atom stereocenters. The molecular formula is C39H41ClN6O8. The van der Waals surface area contributed by atoms with Crippen molar-refractivity contribution in [1.82, 2.24) is 20.9 Å². The number of carbonyl (C=O) groups is 5. The van der Waals surface area contributed by atoms with Crippen molar-refractivity contribution in [2.75, 3.05) is 13.6 Å². The summed E-state index contributed by atoms with van der Waals surface area (Å²) < 4.78 is 0. The Labute approximate surface area is 316 Å². The number of phenols is 2. The number of carboxylic acid groups (broad SMARTS) is 1. The highest BCUT2D eigenvalue weighted by molar-refractivity contribution is 6.30. The summed E-state index contributed by atoms with van der Waals surface area (Å²) >= 11 is 6.01. The number of halogens is 1. The van der Waals surface area contributed by atoms with Crippen molar-refractivity contribution in [1.29, 1.82) is 0 Å². The minimum absolute atomic E-state index is 0.0811. The van der Waals surface area contributed by atoms with Crippen molar-refractivity contribution in [2.24, 2.45) is 11.5 Å². The zero-order chi connectivity index (χ0) is 39.1. The number of nitrogens with one attached hydrogen (secondary N) is 3. The van der Waals surface area contributed by atoms with Crippen molar-refractivity contribution in [3.8, 4) is 33.8 Å². The van der Waals surface area contributed by atoms with Crippen LogP contribution in [0.2, 0.25) is 5.02 Å². The lowest BCUT2D eigenvalue weighted by Crippen LogP contribution is -2.58. The van der Waals surface area contributed by atoms with Gasteiger partial charge in [-0.25, -0.2) is 4.79 Å². The van der Waals surface area contributed by atoms with Gasteiger partial charge in [0.1, 0.15) is 29.6 Å². The summed E-state index contributed by atoms with van der Waals surface area (Å²) in [6, 6.07) is 18.2. The number of unbranched alkanes of at least 4 members (excludes halogenated alkanes) is 1. The molecule has 1 heterocycles. The van der Waals surface area contributed by atoms with Gasteiger partial charge in [-0.3, -0.25) is 19.2 Å². The molecule has 1 aliphatic rings. The summed E-state index contributed by atoms with van der Waals surface area (Å²) in [5.41, 5.74) is 14.5. The van der Waals surface area contributed by atoms with Crippen molar-refractivity contribution >= 4 is 41.2 Å². The molecule has 4 aromatic rings. The Morgan fingerprint density at radius 2 is 1.48 bits per heavy atom. The number of carboxylic acids is 1. The van der Waals surface area contributed by atoms with Gasteiger partial charge in [-0.2, -0.15) is 0 Å². The molecule has 15 heteroatoms. The molecule has 0 aliphatic carbocycles. The number of benzene rings is 4. The average molecular weight is 757 g/mol. The number of aromatic hydroxyl groups is 2. The van der Waals surface area contributed by atoms with Crippen LogP contribution in [0.25, 0.3) is 22.3 Å². The van der Waals surface area contributed by atoms with E-state index in [-0.39, 0.29) is 46.6 Å². The molecule has 54 heavy (non-hydrogen) atoms. The predicted octanol–water partition coefficient (Wildman–Crippen LogP) is 3.04. The smallest absolute Gasteiger partial charge is 0.326 e. The summed E-state index contributed by atoms with van der Waals surface area (Å²) in [5, 5.41) is 39.6. The summed E-state index contributed by atoms with van der Waals surface area (Å²) in [4.78, 5) is 68.1. The van der Waals surface area contributed by atoms with Crippen molar-refractivity contribution in [3.05, 3.63) is 107 Å². The SMILES string of the molecule is CN(C(=O)[C@H](CCCCN)NC(=O)c1ccc(-c2ccc(Cl)cc2)cc1)[C@@H]1C(=O)N[C@@H](N)C(=O)N[C@H](C(=O)O)Cc2ccc(O)c(c2)-c2cc1ccc2O. The quantitative estimate of drug-likeness (QED) is 0.110. The van der Waals surface area contributed by atoms with E-state index in [9.17, 15) is 39.3 Å². The van der Waals surface area contributed by atoms with Crippen LogP contribution < -0.4 is 27.4 Å². The first-order valence-corrected chi connectivity index (χ1v) is 17.5. The number of hydrogen-bond acceptors (Lipinski definition) is 9. The second-order valence-electron chi connectivity index (χ2n) is 13.0. The largest absolute Gasteiger partial charge is 0.507 e. The molecule has 4 aromatic carbocycles. The number of carbonyl (C=O) groups excluding carboxylic acids is 4. The number of amides is 4. The van der Waals surface area contributed by atoms with Gasteiger partial charge < -0.3 is 47.6 Å². The second kappa shape index (κ2) is 17.2. The Balaban J connectivity index is 1.50. The van der Waals surface area contributed by atoms with Gasteiger partial charge in [0, 0.05) is 35.2 Å². The third-order valence-corrected chi connectivity index (χ3v) is 9.43. The molecule has 4 bridgehead atoms. The molecule has 0 fully saturated rings. The van der Waals surface area contributed by atoms with Crippen LogP contribution in [0.3, 0.4) is 0 Å². The van der Waals surface area contributed by atoms with Crippen molar-refractivity contribution in [2.45, 2.75) is 50.0 Å². The Hall–Kier alpha value is -5.96. The average Bonchev–Trinajstić information content (AvgIpc) is 3.15. The topological polar surface area (TPSA) is 237 Å². The predicted molar refractivity (Wildman–Crippen MR) is 201 cm³/mol. The first kappa shape index (κ1) is 39.3. The molecule has 0 aromatic heterocycles. The molecule has 0 radical (unpaired) electrons. The van der Waals surface area contributed by atoms with Gasteiger partial charge in [0.2, 0.25) is 11.8 Å². The van der Waals surface area contributed by atoms with Gasteiger partial charge >= 0.3 is 5.97 Å². The van der Waals surface area contributed by atoms with Crippen LogP contribution in [0.4, 0.5) is 0 Å². The number of hydrogen-bond donors (Lipinski definition) is 8. The zero-order valence-electron chi connectivity index (χ0n) is 29.3. The van der Waals surface area contributed by atoms with Crippen molar-refractivity contribution < 1.29 is 39.3 Å². The van der Waals surface area contributed by atoms with Gasteiger partial charge in [-0.05, 0) is 96.6 Å². The standard InChI is InChI=1S/C39H41ClN6O8/c1-46(38(52)29(4-2-3-17-41)43-35(49)24-8-6-22(7-9-24)23-10-13-26(40)14-11-23)33-25-12-16-32(48)28(20-25)27-18-21(5-15-31(27)47)19-30(39(53)54)44-37(51)34(42)45-36(33)50/h5-16,18,20,29-30,33-34,47-48H,2-4,17,19,41-42H2,1H3,(H,43,49)(H,44,51)(H,45,50)(H,53,54)/t29-,30-,33-,34+/m0/s1. The first-order valence-electron chi connectivity index (χ1n) is 17.1. The molecular weight excluding hydrogens is 716 g/mol. The molecule has 0 saturated heterocycles. The maximum absolute atomic E-state index is 14.3. The molecule has 0 saturated carbocycles. The van der Waals surface area contributed by atoms with E-state index in [2.05, 4.69) is 16.0 Å². The number of fused-ring (bicyclic) bond motifs is 5. The maximum atomic E-state index is 14.3. The highest BCUT2D eigenvalue weighted by atomic mass is 35.5. The molecule has 282 valence electrons. The monoisotopic (exact) mass is 756 g/mol. The number of phenolic OH excluding ortho intramolecular Hbond substituents is 2. The van der Waals surface area contributed by atoms with E-state index < -0.39 is 53.9 Å². The molecule has 4 amide bonds. The normalized spacial score (nSPS) is 17.7. The van der Waals surface area contributed by atoms with E-state index >= 15 is 0 Å². The lowest BCUT2D eigenvalue weighted by Gasteiger charge is -2.32. The van der Waals surface area contributed by atoms with Gasteiger partial charge in [0.05, 0.1) is 0 Å². The minimum Gasteiger partial charge on any atom is -0.507 e. The molecule has 10 N–H and O–H groups in total. The fraction of sp³-hybridized carbons (Fsp3) is 0.256. The summed E-state index contributed by atoms with van der Waals surface area (Å²) in [7, 11) is 1.34. The molecule has 14 nitrogen and oxygen atoms in total. The van der Waals surface area contributed by atoms with Crippen molar-refractivity contribution in [3.63, 3.8) is 0 Å². The lowest BCUT2D eigenvalue weighted by atomic mass is 9.93. The third kappa shape index (κ3) is 9.15. The molecule has 0 unspecified atom stereocenters. The molecule has 0 spiro atoms. The highest BCUT2D eigenvalue weighted by Gasteiger charge is 2.36. The van der Waals surface area contributed by atoms with Gasteiger partial charge in [-0.1, -0.05) is 48.0 Å². The van der Waals surface area contributed by atoms with Crippen LogP contribution in [0.1, 0.15) is 46.8 Å². The van der Waals surface area contributed by atoms with E-state index in [0.717, 1.165) is 16.0 Å². The summed E-state index contributed by atoms with van der Waals surface area (Å²) in [5.74, 6) is -5.04. The van der Waals surface area contributed by atoms with E-state index in [1.165, 1.54) is 43.4 Å². The van der Waals surface area contributed by atoms with E-state index in [4.69, 9.17) is 23.1 Å². The Bertz CT molecular complexity index is 2040. The second-order valence-corrected chi connectivity index (χ2v) is 13.4. The Morgan fingerprint density at radius 3 is 2.11 bits per heavy atom. The number of aliphatic carboxylic acids is 1. The van der Waals surface area contributed by atoms with Crippen LogP contribution in [0.15, 0.2) is 84.9 Å². The fourth-order valence-corrected chi connectivity index (χ4v) is 6.36. The summed E-state index contributed by atoms with van der Waals surface area (Å²) in [6.45, 7) is 0.342. The van der Waals surface area contributed by atoms with E-state index in [1.807, 2.05) is 12.1 Å². The number of rotatable bonds is 10. The van der Waals surface area contributed by atoms with Crippen LogP contribution in [-0.4, -0.2) is 81.7 Å². The van der Waals surface area contributed by atoms with Crippen LogP contribution >= 0.6 is 11.6 Å². The number of nitrogens with zero attached hydrogens (tertiary/aromatic N) is 1. The lowest BCUT2D eigenvalue weighted by molar-refractivity contribution is -0.143. The third-order valence-electron chi connectivity index (χ3n) is 9.18. The molecule has 1 aliphatic heterocycles. The van der Waals surface area contributed by atoms with Gasteiger partial charge in [0.15, 0.2) is 6.17 Å². The minimum atomic E-state index is -1.73. The van der Waals surface area contributed by atoms with E-state index in [1.54, 1.807) is 36.4 Å². The van der Waals surface area contributed by atoms with Gasteiger partial charge in [0.25, 0.3) is 11.8 Å². The Morgan fingerprint density at radius 1 is 0.870 bits per heavy atom. The van der Waals surface area contributed by atoms with Crippen LogP contribution in [0.5, 0.6) is 11.5 Å². The highest BCUT2D eigenvalue weighted by Crippen LogP contribution is 2.39. The number of likely N-dealkylation sites (N-methyl/N-ethyl adjacent to an activating group) is 1. The molecule has 5 rings (SSSR count). The maximum Gasteiger partial charge on any atom is 0.326 e. The number of nitrogens with two attached hydrogens (primary N) is 2. The van der Waals surface area contributed by atoms with Gasteiger partial charge in [-0.15, -0.1) is 0 Å². The summed E-state index contributed by atoms with van der Waals surface area (Å²) in [6.07, 6.45) is -0.755. The first-order chi connectivity index (χ1) is 25.8. The van der Waals surface area contributed by atoms with E-state index in [0.29, 0.717) is 30.0 Å². The zero-order valence-corrected chi connectivity index (χ0v) is 30.0. The van der Waals surface area contributed by atoms with Crippen LogP contribution in [0, 0.1) is 0 Å². The van der Waals surface area contributed by atoms with Crippen LogP contribution in [-0.2, 0) is 25.6 Å². The fourth-order valence-electron chi connectivity index (χ4n) is 6.23. The Kier molecular flexibility index (Phi) is 12.5.